The molecule has 12 heteroatoms. The van der Waals surface area contributed by atoms with Crippen molar-refractivity contribution < 1.29 is 33.3 Å². The second-order valence-corrected chi connectivity index (χ2v) is 11.6. The third-order valence-corrected chi connectivity index (χ3v) is 6.98. The molecule has 1 fully saturated rings. The molecule has 0 aromatic heterocycles. The molecule has 1 amide bonds. The van der Waals surface area contributed by atoms with Crippen LogP contribution in [0.25, 0.3) is 10.4 Å². The molecule has 1 aliphatic carbocycles. The molecule has 2 N–H and O–H groups in total. The summed E-state index contributed by atoms with van der Waals surface area (Å²) in [5, 5.41) is 10.1. The lowest BCUT2D eigenvalue weighted by molar-refractivity contribution is -0.147. The zero-order valence-electron chi connectivity index (χ0n) is 25.8. The van der Waals surface area contributed by atoms with E-state index < -0.39 is 41.9 Å². The van der Waals surface area contributed by atoms with Crippen molar-refractivity contribution in [3.05, 3.63) is 46.3 Å². The third-order valence-electron chi connectivity index (χ3n) is 6.98. The molecule has 1 aromatic carbocycles. The number of amides is 1. The smallest absolute Gasteiger partial charge is 0.407 e. The average Bonchev–Trinajstić information content (AvgIpc) is 2.95. The number of carbonyl (C=O) groups is 2. The SMILES string of the molecule is COCCOCO[C@@H]([C@H](CNC(C)C(=O)OCc1ccccc1)N=[N+]=[N-])[C@H](CC1CCCCC1)NC(=O)OC(C)(C)C. The lowest BCUT2D eigenvalue weighted by Gasteiger charge is -2.36. The largest absolute Gasteiger partial charge is 0.460 e. The summed E-state index contributed by atoms with van der Waals surface area (Å²) in [7, 11) is 1.58. The van der Waals surface area contributed by atoms with Crippen LogP contribution in [0.2, 0.25) is 0 Å². The number of hydrogen-bond donors (Lipinski definition) is 2. The molecule has 2 rings (SSSR count). The molecule has 4 atom stereocenters. The van der Waals surface area contributed by atoms with Gasteiger partial charge in [0, 0.05) is 18.6 Å². The van der Waals surface area contributed by atoms with Crippen molar-refractivity contribution in [3.8, 4) is 0 Å². The van der Waals surface area contributed by atoms with E-state index in [0.717, 1.165) is 31.2 Å². The van der Waals surface area contributed by atoms with E-state index in [9.17, 15) is 15.1 Å². The molecular weight excluding hydrogens is 542 g/mol. The van der Waals surface area contributed by atoms with Crippen LogP contribution >= 0.6 is 0 Å². The molecule has 0 radical (unpaired) electrons. The minimum absolute atomic E-state index is 0.0999. The molecule has 1 aromatic rings. The van der Waals surface area contributed by atoms with Gasteiger partial charge in [-0.2, -0.15) is 0 Å². The molecule has 1 saturated carbocycles. The van der Waals surface area contributed by atoms with Gasteiger partial charge in [0.2, 0.25) is 0 Å². The minimum Gasteiger partial charge on any atom is -0.460 e. The Morgan fingerprint density at radius 1 is 1.12 bits per heavy atom. The first-order chi connectivity index (χ1) is 20.1. The number of benzene rings is 1. The predicted molar refractivity (Wildman–Crippen MR) is 159 cm³/mol. The highest BCUT2D eigenvalue weighted by Crippen LogP contribution is 2.29. The van der Waals surface area contributed by atoms with Crippen molar-refractivity contribution in [2.24, 2.45) is 11.0 Å². The van der Waals surface area contributed by atoms with Crippen LogP contribution in [0.4, 0.5) is 4.79 Å². The van der Waals surface area contributed by atoms with Gasteiger partial charge in [-0.05, 0) is 51.1 Å². The maximum Gasteiger partial charge on any atom is 0.407 e. The minimum atomic E-state index is -0.783. The Bertz CT molecular complexity index is 963. The van der Waals surface area contributed by atoms with E-state index in [2.05, 4.69) is 20.7 Å². The first-order valence-electron chi connectivity index (χ1n) is 14.8. The normalized spacial score (nSPS) is 16.9. The summed E-state index contributed by atoms with van der Waals surface area (Å²) in [4.78, 5) is 28.7. The molecule has 0 bridgehead atoms. The van der Waals surface area contributed by atoms with E-state index in [1.807, 2.05) is 30.3 Å². The number of nitrogens with zero attached hydrogens (tertiary/aromatic N) is 3. The summed E-state index contributed by atoms with van der Waals surface area (Å²) in [5.41, 5.74) is 9.66. The van der Waals surface area contributed by atoms with E-state index >= 15 is 0 Å². The number of hydrogen-bond acceptors (Lipinski definition) is 9. The number of carbonyl (C=O) groups excluding carboxylic acids is 2. The Labute approximate surface area is 249 Å². The molecule has 0 saturated heterocycles. The lowest BCUT2D eigenvalue weighted by Crippen LogP contribution is -2.54. The lowest BCUT2D eigenvalue weighted by atomic mass is 9.82. The second kappa shape index (κ2) is 19.3. The van der Waals surface area contributed by atoms with Crippen LogP contribution in [0.1, 0.15) is 71.8 Å². The zero-order chi connectivity index (χ0) is 30.8. The number of alkyl carbamates (subject to hydrolysis) is 1. The van der Waals surface area contributed by atoms with Crippen LogP contribution < -0.4 is 10.6 Å². The van der Waals surface area contributed by atoms with Crippen molar-refractivity contribution in [3.63, 3.8) is 0 Å². The van der Waals surface area contributed by atoms with Crippen LogP contribution in [0.3, 0.4) is 0 Å². The van der Waals surface area contributed by atoms with Crippen LogP contribution in [0.15, 0.2) is 35.4 Å². The molecular formula is C30H49N5O7. The van der Waals surface area contributed by atoms with Crippen molar-refractivity contribution in [1.82, 2.24) is 10.6 Å². The van der Waals surface area contributed by atoms with Gasteiger partial charge in [-0.3, -0.25) is 4.79 Å². The van der Waals surface area contributed by atoms with E-state index in [1.165, 1.54) is 6.42 Å². The maximum absolute atomic E-state index is 12.9. The first kappa shape index (κ1) is 35.3. The highest BCUT2D eigenvalue weighted by molar-refractivity contribution is 5.75. The Morgan fingerprint density at radius 2 is 1.83 bits per heavy atom. The van der Waals surface area contributed by atoms with Gasteiger partial charge in [0.25, 0.3) is 0 Å². The zero-order valence-corrected chi connectivity index (χ0v) is 25.8. The van der Waals surface area contributed by atoms with Crippen molar-refractivity contribution in [2.45, 2.75) is 103 Å². The maximum atomic E-state index is 12.9. The fourth-order valence-electron chi connectivity index (χ4n) is 4.86. The Kier molecular flexibility index (Phi) is 16.2. The average molecular weight is 592 g/mol. The summed E-state index contributed by atoms with van der Waals surface area (Å²) < 4.78 is 27.8. The van der Waals surface area contributed by atoms with E-state index in [1.54, 1.807) is 34.8 Å². The van der Waals surface area contributed by atoms with Crippen molar-refractivity contribution >= 4 is 12.1 Å². The molecule has 236 valence electrons. The van der Waals surface area contributed by atoms with Crippen LogP contribution in [-0.2, 0) is 35.1 Å². The predicted octanol–water partition coefficient (Wildman–Crippen LogP) is 5.26. The standard InChI is InChI=1S/C30H49N5O7/c1-22(28(36)40-20-24-14-10-7-11-15-24)32-19-26(34-35-31)27(41-21-39-17-16-38-5)25(18-23-12-8-6-9-13-23)33-29(37)42-30(2,3)4/h7,10-11,14-15,22-23,25-27,32H,6,8-9,12-13,16-21H2,1-5H3,(H,33,37)/t22?,25-,26-,27+/m0/s1. The first-order valence-corrected chi connectivity index (χ1v) is 14.8. The molecule has 0 aliphatic heterocycles. The summed E-state index contributed by atoms with van der Waals surface area (Å²) in [6.45, 7) is 7.93. The van der Waals surface area contributed by atoms with Gasteiger partial charge < -0.3 is 34.3 Å². The number of nitrogens with one attached hydrogen (secondary N) is 2. The summed E-state index contributed by atoms with van der Waals surface area (Å²) in [6.07, 6.45) is 4.79. The van der Waals surface area contributed by atoms with Crippen molar-refractivity contribution in [1.29, 1.82) is 0 Å². The van der Waals surface area contributed by atoms with Crippen LogP contribution in [-0.4, -0.2) is 75.6 Å². The van der Waals surface area contributed by atoms with Crippen LogP contribution in [0, 0.1) is 5.92 Å². The summed E-state index contributed by atoms with van der Waals surface area (Å²) in [5.74, 6) is -0.0738. The van der Waals surface area contributed by atoms with E-state index in [0.29, 0.717) is 25.6 Å². The highest BCUT2D eigenvalue weighted by atomic mass is 16.7. The van der Waals surface area contributed by atoms with E-state index in [-0.39, 0.29) is 19.9 Å². The molecule has 1 unspecified atom stereocenters. The third kappa shape index (κ3) is 14.3. The van der Waals surface area contributed by atoms with E-state index in [4.69, 9.17) is 23.7 Å². The molecule has 1 aliphatic rings. The fraction of sp³-hybridized carbons (Fsp3) is 0.733. The monoisotopic (exact) mass is 591 g/mol. The highest BCUT2D eigenvalue weighted by Gasteiger charge is 2.35. The van der Waals surface area contributed by atoms with Gasteiger partial charge in [-0.1, -0.05) is 67.6 Å². The summed E-state index contributed by atoms with van der Waals surface area (Å²) >= 11 is 0. The quantitative estimate of drug-likeness (QED) is 0.0586. The Balaban J connectivity index is 2.19. The van der Waals surface area contributed by atoms with Gasteiger partial charge in [0.1, 0.15) is 25.0 Å². The van der Waals surface area contributed by atoms with Gasteiger partial charge in [0.05, 0.1) is 31.4 Å². The summed E-state index contributed by atoms with van der Waals surface area (Å²) in [6, 6.07) is 7.41. The number of esters is 1. The van der Waals surface area contributed by atoms with Gasteiger partial charge in [-0.25, -0.2) is 4.79 Å². The fourth-order valence-corrected chi connectivity index (χ4v) is 4.86. The number of azide groups is 1. The molecule has 12 nitrogen and oxygen atoms in total. The molecule has 42 heavy (non-hydrogen) atoms. The number of ether oxygens (including phenoxy) is 5. The number of methoxy groups -OCH3 is 1. The van der Waals surface area contributed by atoms with Gasteiger partial charge >= 0.3 is 12.1 Å². The Hall–Kier alpha value is -2.89. The topological polar surface area (TPSA) is 153 Å². The van der Waals surface area contributed by atoms with Crippen molar-refractivity contribution in [2.75, 3.05) is 33.7 Å². The Morgan fingerprint density at radius 3 is 2.48 bits per heavy atom. The molecule has 0 heterocycles. The van der Waals surface area contributed by atoms with Gasteiger partial charge in [0.15, 0.2) is 0 Å². The second-order valence-electron chi connectivity index (χ2n) is 11.6. The van der Waals surface area contributed by atoms with Crippen LogP contribution in [0.5, 0.6) is 0 Å². The number of rotatable bonds is 18. The van der Waals surface area contributed by atoms with Gasteiger partial charge in [-0.15, -0.1) is 0 Å². The molecule has 0 spiro atoms.